The zero-order valence-electron chi connectivity index (χ0n) is 16.4. The molecule has 1 N–H and O–H groups in total. The Morgan fingerprint density at radius 1 is 1.26 bits per heavy atom. The minimum atomic E-state index is -1.01. The van der Waals surface area contributed by atoms with Gasteiger partial charge in [0.05, 0.1) is 5.71 Å². The minimum absolute atomic E-state index is 0.161. The number of carboxylic acid groups (broad SMARTS) is 1. The van der Waals surface area contributed by atoms with Gasteiger partial charge < -0.3 is 19.1 Å². The lowest BCUT2D eigenvalue weighted by atomic mass is 9.97. The van der Waals surface area contributed by atoms with Gasteiger partial charge in [-0.1, -0.05) is 32.9 Å². The van der Waals surface area contributed by atoms with Crippen molar-refractivity contribution in [3.05, 3.63) is 47.2 Å². The molecule has 1 aromatic carbocycles. The maximum Gasteiger partial charge on any atom is 0.341 e. The van der Waals surface area contributed by atoms with Crippen LogP contribution >= 0.6 is 0 Å². The summed E-state index contributed by atoms with van der Waals surface area (Å²) in [5.74, 6) is 0.884. The first kappa shape index (κ1) is 20.5. The smallest absolute Gasteiger partial charge is 0.341 e. The monoisotopic (exact) mass is 374 g/mol. The van der Waals surface area contributed by atoms with Crippen molar-refractivity contribution >= 4 is 11.7 Å². The van der Waals surface area contributed by atoms with Crippen LogP contribution in [0.1, 0.15) is 57.0 Å². The summed E-state index contributed by atoms with van der Waals surface area (Å²) in [5, 5.41) is 12.9. The molecular weight excluding hydrogens is 348 g/mol. The predicted molar refractivity (Wildman–Crippen MR) is 101 cm³/mol. The highest BCUT2D eigenvalue weighted by Crippen LogP contribution is 2.24. The molecule has 0 radical (unpaired) electrons. The lowest BCUT2D eigenvalue weighted by Gasteiger charge is -2.11. The zero-order valence-corrected chi connectivity index (χ0v) is 16.4. The predicted octanol–water partition coefficient (Wildman–Crippen LogP) is 4.07. The number of rotatable bonds is 8. The second-order valence-corrected chi connectivity index (χ2v) is 7.14. The molecule has 0 fully saturated rings. The third kappa shape index (κ3) is 5.84. The fourth-order valence-corrected chi connectivity index (χ4v) is 2.26. The molecule has 27 heavy (non-hydrogen) atoms. The Labute approximate surface area is 159 Å². The molecule has 1 aromatic heterocycles. The van der Waals surface area contributed by atoms with Gasteiger partial charge in [0.2, 0.25) is 0 Å². The molecule has 7 nitrogen and oxygen atoms in total. The topological polar surface area (TPSA) is 94.2 Å². The number of carbonyl (C=O) groups is 1. The number of aliphatic carboxylic acids is 1. The number of oxazole rings is 1. The van der Waals surface area contributed by atoms with Gasteiger partial charge >= 0.3 is 5.97 Å². The van der Waals surface area contributed by atoms with Crippen molar-refractivity contribution in [2.45, 2.75) is 53.1 Å². The highest BCUT2D eigenvalue weighted by Gasteiger charge is 2.22. The summed E-state index contributed by atoms with van der Waals surface area (Å²) in [6.45, 7) is 9.83. The number of hydrogen-bond acceptors (Lipinski definition) is 6. The van der Waals surface area contributed by atoms with Crippen LogP contribution < -0.4 is 4.74 Å². The zero-order chi connectivity index (χ0) is 20.0. The van der Waals surface area contributed by atoms with Gasteiger partial charge in [-0.15, -0.1) is 0 Å². The standard InChI is InChI=1S/C20H26N2O5/c1-6-16(14-7-9-15(10-8-14)25-12-18(23)24)22-26-11-17-13(2)27-19(21-17)20(3,4)5/h7-10H,6,11-12H2,1-5H3,(H,23,24)/b22-16-. The molecule has 0 saturated heterocycles. The van der Waals surface area contributed by atoms with Gasteiger partial charge in [0.15, 0.2) is 19.1 Å². The van der Waals surface area contributed by atoms with Crippen LogP contribution in [-0.2, 0) is 21.7 Å². The Morgan fingerprint density at radius 3 is 2.44 bits per heavy atom. The first-order valence-electron chi connectivity index (χ1n) is 8.81. The maximum atomic E-state index is 10.5. The first-order valence-corrected chi connectivity index (χ1v) is 8.81. The highest BCUT2D eigenvalue weighted by atomic mass is 16.6. The van der Waals surface area contributed by atoms with E-state index in [2.05, 4.69) is 10.1 Å². The molecule has 0 aliphatic carbocycles. The van der Waals surface area contributed by atoms with Crippen LogP contribution in [-0.4, -0.2) is 28.4 Å². The molecule has 2 aromatic rings. The highest BCUT2D eigenvalue weighted by molar-refractivity contribution is 6.00. The van der Waals surface area contributed by atoms with Crippen LogP contribution in [0.4, 0.5) is 0 Å². The van der Waals surface area contributed by atoms with E-state index in [9.17, 15) is 4.79 Å². The van der Waals surface area contributed by atoms with Gasteiger partial charge in [-0.25, -0.2) is 9.78 Å². The van der Waals surface area contributed by atoms with Gasteiger partial charge in [0.1, 0.15) is 17.2 Å². The Hall–Kier alpha value is -2.83. The average molecular weight is 374 g/mol. The second-order valence-electron chi connectivity index (χ2n) is 7.14. The van der Waals surface area contributed by atoms with E-state index in [1.807, 2.05) is 46.8 Å². The number of ether oxygens (including phenoxy) is 1. The van der Waals surface area contributed by atoms with Crippen molar-refractivity contribution in [3.8, 4) is 5.75 Å². The summed E-state index contributed by atoms with van der Waals surface area (Å²) < 4.78 is 10.8. The van der Waals surface area contributed by atoms with E-state index in [1.54, 1.807) is 12.1 Å². The molecule has 0 atom stereocenters. The lowest BCUT2D eigenvalue weighted by Crippen LogP contribution is -2.11. The van der Waals surface area contributed by atoms with Crippen LogP contribution in [0.2, 0.25) is 0 Å². The fraction of sp³-hybridized carbons (Fsp3) is 0.450. The molecule has 0 spiro atoms. The summed E-state index contributed by atoms with van der Waals surface area (Å²) in [4.78, 5) is 20.5. The number of hydrogen-bond donors (Lipinski definition) is 1. The van der Waals surface area contributed by atoms with Crippen LogP contribution in [0.15, 0.2) is 33.8 Å². The SMILES string of the molecule is CC/C(=N/OCc1nc(C(C)(C)C)oc1C)c1ccc(OCC(=O)O)cc1. The number of aryl methyl sites for hydroxylation is 1. The molecule has 0 unspecified atom stereocenters. The number of benzene rings is 1. The van der Waals surface area contributed by atoms with Crippen molar-refractivity contribution in [1.29, 1.82) is 0 Å². The Morgan fingerprint density at radius 2 is 1.93 bits per heavy atom. The van der Waals surface area contributed by atoms with Gasteiger partial charge in [-0.2, -0.15) is 0 Å². The van der Waals surface area contributed by atoms with Crippen LogP contribution in [0.3, 0.4) is 0 Å². The molecule has 146 valence electrons. The quantitative estimate of drug-likeness (QED) is 0.553. The van der Waals surface area contributed by atoms with Gasteiger partial charge in [-0.3, -0.25) is 0 Å². The number of nitrogens with zero attached hydrogens (tertiary/aromatic N) is 2. The van der Waals surface area contributed by atoms with Crippen LogP contribution in [0, 0.1) is 6.92 Å². The first-order chi connectivity index (χ1) is 12.7. The van der Waals surface area contributed by atoms with Crippen molar-refractivity contribution in [1.82, 2.24) is 4.98 Å². The number of oxime groups is 1. The minimum Gasteiger partial charge on any atom is -0.482 e. The van der Waals surface area contributed by atoms with Crippen LogP contribution in [0.5, 0.6) is 5.75 Å². The lowest BCUT2D eigenvalue weighted by molar-refractivity contribution is -0.139. The average Bonchev–Trinajstić information content (AvgIpc) is 2.99. The summed E-state index contributed by atoms with van der Waals surface area (Å²) in [5.41, 5.74) is 2.23. The Balaban J connectivity index is 2.02. The molecule has 0 aliphatic rings. The van der Waals surface area contributed by atoms with Gasteiger partial charge in [0.25, 0.3) is 0 Å². The Bertz CT molecular complexity index is 801. The molecule has 7 heteroatoms. The van der Waals surface area contributed by atoms with Crippen molar-refractivity contribution < 1.29 is 23.9 Å². The van der Waals surface area contributed by atoms with Crippen molar-refractivity contribution in [3.63, 3.8) is 0 Å². The molecule has 1 heterocycles. The van der Waals surface area contributed by atoms with Gasteiger partial charge in [0, 0.05) is 5.41 Å². The molecule has 0 bridgehead atoms. The van der Waals surface area contributed by atoms with Gasteiger partial charge in [-0.05, 0) is 43.2 Å². The fourth-order valence-electron chi connectivity index (χ4n) is 2.26. The van der Waals surface area contributed by atoms with Crippen molar-refractivity contribution in [2.75, 3.05) is 6.61 Å². The van der Waals surface area contributed by atoms with E-state index in [-0.39, 0.29) is 18.6 Å². The summed E-state index contributed by atoms with van der Waals surface area (Å²) in [6, 6.07) is 7.06. The third-order valence-corrected chi connectivity index (χ3v) is 3.80. The summed E-state index contributed by atoms with van der Waals surface area (Å²) in [7, 11) is 0. The maximum absolute atomic E-state index is 10.5. The largest absolute Gasteiger partial charge is 0.482 e. The summed E-state index contributed by atoms with van der Waals surface area (Å²) >= 11 is 0. The van der Waals surface area contributed by atoms with E-state index in [4.69, 9.17) is 19.1 Å². The Kier molecular flexibility index (Phi) is 6.60. The second kappa shape index (κ2) is 8.70. The third-order valence-electron chi connectivity index (χ3n) is 3.80. The summed E-state index contributed by atoms with van der Waals surface area (Å²) in [6.07, 6.45) is 0.681. The van der Waals surface area contributed by atoms with E-state index >= 15 is 0 Å². The van der Waals surface area contributed by atoms with E-state index in [0.29, 0.717) is 18.1 Å². The molecule has 2 rings (SSSR count). The molecule has 0 saturated carbocycles. The molecule has 0 amide bonds. The van der Waals surface area contributed by atoms with E-state index in [1.165, 1.54) is 0 Å². The van der Waals surface area contributed by atoms with Crippen molar-refractivity contribution in [2.24, 2.45) is 5.16 Å². The normalized spacial score (nSPS) is 12.1. The number of aromatic nitrogens is 1. The molecule has 0 aliphatic heterocycles. The number of carboxylic acids is 1. The van der Waals surface area contributed by atoms with E-state index < -0.39 is 5.97 Å². The molecular formula is C20H26N2O5. The van der Waals surface area contributed by atoms with Crippen LogP contribution in [0.25, 0.3) is 0 Å². The van der Waals surface area contributed by atoms with E-state index in [0.717, 1.165) is 22.7 Å².